The quantitative estimate of drug-likeness (QED) is 0.540. The lowest BCUT2D eigenvalue weighted by molar-refractivity contribution is 0.104. The number of hydrogen-bond donors (Lipinski definition) is 3. The van der Waals surface area contributed by atoms with Gasteiger partial charge in [0.05, 0.1) is 0 Å². The molecule has 1 amide bonds. The number of aliphatic hydroxyl groups is 1. The smallest absolute Gasteiger partial charge is 0.411 e. The number of aliphatic hydroxyl groups excluding tert-OH is 1. The van der Waals surface area contributed by atoms with E-state index in [0.717, 1.165) is 19.3 Å². The predicted molar refractivity (Wildman–Crippen MR) is 96.0 cm³/mol. The first-order valence-corrected chi connectivity index (χ1v) is 8.58. The molecule has 0 aliphatic rings. The molecule has 0 bridgehead atoms. The normalized spacial score (nSPS) is 12.2. The minimum Gasteiger partial charge on any atom is -0.491 e. The summed E-state index contributed by atoms with van der Waals surface area (Å²) >= 11 is 0. The molecule has 0 aliphatic heterocycles. The number of unbranched alkanes of at least 4 members (excludes halogenated alkanes) is 2. The Kier molecular flexibility index (Phi) is 9.19. The largest absolute Gasteiger partial charge is 0.491 e. The molecule has 0 saturated heterocycles. The van der Waals surface area contributed by atoms with Crippen LogP contribution >= 0.6 is 0 Å². The average Bonchev–Trinajstić information content (AvgIpc) is 2.55. The molecule has 0 aromatic heterocycles. The molecule has 24 heavy (non-hydrogen) atoms. The van der Waals surface area contributed by atoms with E-state index in [4.69, 9.17) is 4.74 Å². The first-order valence-electron chi connectivity index (χ1n) is 8.58. The molecule has 0 aliphatic carbocycles. The summed E-state index contributed by atoms with van der Waals surface area (Å²) in [5.74, 6) is 0.612. The number of benzene rings is 1. The molecule has 0 fully saturated rings. The Morgan fingerprint density at radius 3 is 2.46 bits per heavy atom. The van der Waals surface area contributed by atoms with Crippen molar-refractivity contribution < 1.29 is 19.7 Å². The van der Waals surface area contributed by atoms with E-state index >= 15 is 0 Å². The zero-order valence-corrected chi connectivity index (χ0v) is 14.9. The van der Waals surface area contributed by atoms with Crippen molar-refractivity contribution in [2.75, 3.05) is 24.6 Å². The Morgan fingerprint density at radius 1 is 1.25 bits per heavy atom. The van der Waals surface area contributed by atoms with Gasteiger partial charge in [-0.3, -0.25) is 4.90 Å². The number of ether oxygens (including phenoxy) is 1. The van der Waals surface area contributed by atoms with Crippen LogP contribution in [0.25, 0.3) is 0 Å². The van der Waals surface area contributed by atoms with E-state index in [2.05, 4.69) is 12.2 Å². The summed E-state index contributed by atoms with van der Waals surface area (Å²) in [5, 5.41) is 22.3. The number of carboxylic acid groups (broad SMARTS) is 1. The van der Waals surface area contributed by atoms with Crippen molar-refractivity contribution >= 4 is 11.8 Å². The Labute approximate surface area is 144 Å². The SMILES string of the molecule is CCCCCN(C(=O)O)c1ccc(OCC(O)CNC(C)C)cc1. The van der Waals surface area contributed by atoms with Gasteiger partial charge in [-0.05, 0) is 30.7 Å². The molecule has 1 aromatic rings. The molecule has 1 unspecified atom stereocenters. The molecular formula is C18H30N2O4. The summed E-state index contributed by atoms with van der Waals surface area (Å²) in [6.45, 7) is 7.27. The van der Waals surface area contributed by atoms with Crippen molar-refractivity contribution in [3.63, 3.8) is 0 Å². The number of nitrogens with zero attached hydrogens (tertiary/aromatic N) is 1. The fourth-order valence-electron chi connectivity index (χ4n) is 2.20. The highest BCUT2D eigenvalue weighted by atomic mass is 16.5. The van der Waals surface area contributed by atoms with Gasteiger partial charge in [0.1, 0.15) is 18.5 Å². The van der Waals surface area contributed by atoms with Crippen LogP contribution in [0.5, 0.6) is 5.75 Å². The molecular weight excluding hydrogens is 308 g/mol. The van der Waals surface area contributed by atoms with Crippen molar-refractivity contribution in [2.24, 2.45) is 0 Å². The number of hydrogen-bond acceptors (Lipinski definition) is 4. The lowest BCUT2D eigenvalue weighted by Gasteiger charge is -2.20. The van der Waals surface area contributed by atoms with Gasteiger partial charge in [0.25, 0.3) is 0 Å². The van der Waals surface area contributed by atoms with Crippen molar-refractivity contribution in [3.8, 4) is 5.75 Å². The Balaban J connectivity index is 2.52. The molecule has 0 saturated carbocycles. The number of anilines is 1. The monoisotopic (exact) mass is 338 g/mol. The molecule has 3 N–H and O–H groups in total. The van der Waals surface area contributed by atoms with Gasteiger partial charge in [0, 0.05) is 24.8 Å². The van der Waals surface area contributed by atoms with E-state index in [1.165, 1.54) is 4.90 Å². The summed E-state index contributed by atoms with van der Waals surface area (Å²) in [6.07, 6.45) is 1.36. The van der Waals surface area contributed by atoms with Gasteiger partial charge in [-0.1, -0.05) is 33.6 Å². The summed E-state index contributed by atoms with van der Waals surface area (Å²) in [7, 11) is 0. The van der Waals surface area contributed by atoms with Crippen LogP contribution < -0.4 is 15.0 Å². The topological polar surface area (TPSA) is 82.0 Å². The first kappa shape index (κ1) is 20.3. The maximum absolute atomic E-state index is 11.4. The molecule has 0 spiro atoms. The van der Waals surface area contributed by atoms with Crippen molar-refractivity contribution in [1.29, 1.82) is 0 Å². The second-order valence-corrected chi connectivity index (χ2v) is 6.16. The van der Waals surface area contributed by atoms with Gasteiger partial charge < -0.3 is 20.3 Å². The third-order valence-corrected chi connectivity index (χ3v) is 3.57. The van der Waals surface area contributed by atoms with Gasteiger partial charge in [-0.15, -0.1) is 0 Å². The average molecular weight is 338 g/mol. The van der Waals surface area contributed by atoms with Crippen LogP contribution in [-0.2, 0) is 0 Å². The van der Waals surface area contributed by atoms with E-state index in [1.54, 1.807) is 24.3 Å². The molecule has 0 radical (unpaired) electrons. The zero-order valence-electron chi connectivity index (χ0n) is 14.9. The molecule has 1 aromatic carbocycles. The van der Waals surface area contributed by atoms with E-state index in [-0.39, 0.29) is 6.61 Å². The van der Waals surface area contributed by atoms with E-state index in [1.807, 2.05) is 13.8 Å². The van der Waals surface area contributed by atoms with Gasteiger partial charge in [-0.25, -0.2) is 4.79 Å². The third kappa shape index (κ3) is 7.66. The van der Waals surface area contributed by atoms with Crippen LogP contribution in [0.3, 0.4) is 0 Å². The lowest BCUT2D eigenvalue weighted by atomic mass is 10.2. The maximum atomic E-state index is 11.4. The standard InChI is InChI=1S/C18H30N2O4/c1-4-5-6-11-20(18(22)23)15-7-9-17(10-8-15)24-13-16(21)12-19-14(2)3/h7-10,14,16,19,21H,4-6,11-13H2,1-3H3,(H,22,23). The van der Waals surface area contributed by atoms with E-state index in [9.17, 15) is 15.0 Å². The minimum absolute atomic E-state index is 0.193. The second kappa shape index (κ2) is 10.9. The van der Waals surface area contributed by atoms with Gasteiger partial charge in [0.2, 0.25) is 0 Å². The van der Waals surface area contributed by atoms with E-state index in [0.29, 0.717) is 30.6 Å². The molecule has 6 heteroatoms. The molecule has 1 rings (SSSR count). The Bertz CT molecular complexity index is 476. The molecule has 6 nitrogen and oxygen atoms in total. The van der Waals surface area contributed by atoms with Crippen molar-refractivity contribution in [2.45, 2.75) is 52.2 Å². The van der Waals surface area contributed by atoms with Crippen LogP contribution in [0.1, 0.15) is 40.0 Å². The highest BCUT2D eigenvalue weighted by Gasteiger charge is 2.14. The van der Waals surface area contributed by atoms with Gasteiger partial charge in [0.15, 0.2) is 0 Å². The summed E-state index contributed by atoms with van der Waals surface area (Å²) in [6, 6.07) is 7.23. The maximum Gasteiger partial charge on any atom is 0.411 e. The number of carbonyl (C=O) groups is 1. The van der Waals surface area contributed by atoms with Crippen LogP contribution in [0.4, 0.5) is 10.5 Å². The number of nitrogens with one attached hydrogen (secondary N) is 1. The molecule has 136 valence electrons. The first-order chi connectivity index (χ1) is 11.4. The number of amides is 1. The zero-order chi connectivity index (χ0) is 17.9. The third-order valence-electron chi connectivity index (χ3n) is 3.57. The van der Waals surface area contributed by atoms with Crippen LogP contribution in [-0.4, -0.2) is 48.1 Å². The predicted octanol–water partition coefficient (Wildman–Crippen LogP) is 3.10. The van der Waals surface area contributed by atoms with Crippen molar-refractivity contribution in [3.05, 3.63) is 24.3 Å². The summed E-state index contributed by atoms with van der Waals surface area (Å²) < 4.78 is 5.54. The fourth-order valence-corrected chi connectivity index (χ4v) is 2.20. The second-order valence-electron chi connectivity index (χ2n) is 6.16. The summed E-state index contributed by atoms with van der Waals surface area (Å²) in [5.41, 5.74) is 0.632. The highest BCUT2D eigenvalue weighted by Crippen LogP contribution is 2.20. The summed E-state index contributed by atoms with van der Waals surface area (Å²) in [4.78, 5) is 12.7. The lowest BCUT2D eigenvalue weighted by Crippen LogP contribution is -2.35. The van der Waals surface area contributed by atoms with Crippen LogP contribution in [0, 0.1) is 0 Å². The Morgan fingerprint density at radius 2 is 1.92 bits per heavy atom. The number of rotatable bonds is 11. The molecule has 1 atom stereocenters. The van der Waals surface area contributed by atoms with Crippen LogP contribution in [0.2, 0.25) is 0 Å². The minimum atomic E-state index is -0.949. The van der Waals surface area contributed by atoms with Crippen molar-refractivity contribution in [1.82, 2.24) is 5.32 Å². The van der Waals surface area contributed by atoms with Gasteiger partial charge >= 0.3 is 6.09 Å². The van der Waals surface area contributed by atoms with Gasteiger partial charge in [-0.2, -0.15) is 0 Å². The van der Waals surface area contributed by atoms with E-state index < -0.39 is 12.2 Å². The van der Waals surface area contributed by atoms with Crippen LogP contribution in [0.15, 0.2) is 24.3 Å². The highest BCUT2D eigenvalue weighted by molar-refractivity contribution is 5.86. The fraction of sp³-hybridized carbons (Fsp3) is 0.611. The molecule has 0 heterocycles. The Hall–Kier alpha value is -1.79.